The molecule has 0 spiro atoms. The van der Waals surface area contributed by atoms with Crippen LogP contribution in [0.15, 0.2) is 24.3 Å². The number of hydrogen-bond donors (Lipinski definition) is 2. The van der Waals surface area contributed by atoms with Gasteiger partial charge in [-0.15, -0.1) is 0 Å². The van der Waals surface area contributed by atoms with E-state index in [1.807, 2.05) is 34.6 Å². The Kier molecular flexibility index (Phi) is 25.3. The zero-order chi connectivity index (χ0) is 19.4. The first-order chi connectivity index (χ1) is 11.5. The third-order valence-corrected chi connectivity index (χ3v) is 3.37. The summed E-state index contributed by atoms with van der Waals surface area (Å²) in [4.78, 5) is 10.8. The van der Waals surface area contributed by atoms with Crippen molar-refractivity contribution in [1.82, 2.24) is 5.32 Å². The minimum absolute atomic E-state index is 0.226. The van der Waals surface area contributed by atoms with E-state index in [-0.39, 0.29) is 5.91 Å². The van der Waals surface area contributed by atoms with E-state index < -0.39 is 0 Å². The van der Waals surface area contributed by atoms with Crippen LogP contribution < -0.4 is 11.1 Å². The standard InChI is InChI=1S/C17H32N2O.2C2H6/c1-5-14(2)10-8-6-7-9-11-16(4)19-13-15(3)12-17(18)20;2*1-2/h8-11,14-16,19H,5-7,12-13H2,1-4H3,(H2,18,20);2*1-2H3/b10-8-,11-9-;;. The van der Waals surface area contributed by atoms with Crippen molar-refractivity contribution in [2.45, 2.75) is 87.1 Å². The van der Waals surface area contributed by atoms with Crippen LogP contribution in [0.4, 0.5) is 0 Å². The van der Waals surface area contributed by atoms with Crippen LogP contribution >= 0.6 is 0 Å². The fourth-order valence-corrected chi connectivity index (χ4v) is 1.83. The normalized spacial score (nSPS) is 14.3. The molecule has 3 unspecified atom stereocenters. The summed E-state index contributed by atoms with van der Waals surface area (Å²) in [6.07, 6.45) is 12.8. The zero-order valence-corrected chi connectivity index (χ0v) is 17.6. The van der Waals surface area contributed by atoms with Crippen molar-refractivity contribution < 1.29 is 4.79 Å². The Balaban J connectivity index is -0.00000102. The molecule has 3 atom stereocenters. The molecule has 0 aliphatic carbocycles. The Bertz CT molecular complexity index is 311. The Morgan fingerprint density at radius 2 is 1.50 bits per heavy atom. The molecule has 0 saturated carbocycles. The van der Waals surface area contributed by atoms with E-state index in [9.17, 15) is 4.79 Å². The second-order valence-corrected chi connectivity index (χ2v) is 5.79. The molecule has 144 valence electrons. The molecule has 0 saturated heterocycles. The summed E-state index contributed by atoms with van der Waals surface area (Å²) >= 11 is 0. The van der Waals surface area contributed by atoms with Gasteiger partial charge in [-0.3, -0.25) is 4.79 Å². The monoisotopic (exact) mass is 340 g/mol. The van der Waals surface area contributed by atoms with Gasteiger partial charge in [0, 0.05) is 12.5 Å². The maximum Gasteiger partial charge on any atom is 0.217 e. The van der Waals surface area contributed by atoms with Gasteiger partial charge in [-0.05, 0) is 38.1 Å². The average Bonchev–Trinajstić information content (AvgIpc) is 2.58. The van der Waals surface area contributed by atoms with Crippen molar-refractivity contribution in [3.63, 3.8) is 0 Å². The molecule has 3 nitrogen and oxygen atoms in total. The number of rotatable bonds is 11. The van der Waals surface area contributed by atoms with Crippen LogP contribution in [0.5, 0.6) is 0 Å². The smallest absolute Gasteiger partial charge is 0.217 e. The van der Waals surface area contributed by atoms with Gasteiger partial charge >= 0.3 is 0 Å². The molecular formula is C21H44N2O. The van der Waals surface area contributed by atoms with E-state index in [1.165, 1.54) is 6.42 Å². The molecule has 24 heavy (non-hydrogen) atoms. The predicted octanol–water partition coefficient (Wildman–Crippen LogP) is 5.47. The molecule has 0 aromatic carbocycles. The van der Waals surface area contributed by atoms with Gasteiger partial charge in [0.2, 0.25) is 5.91 Å². The molecule has 0 aliphatic rings. The van der Waals surface area contributed by atoms with E-state index in [0.29, 0.717) is 24.3 Å². The Labute approximate surface area is 152 Å². The van der Waals surface area contributed by atoms with Gasteiger partial charge in [-0.25, -0.2) is 0 Å². The number of primary amides is 1. The van der Waals surface area contributed by atoms with Gasteiger partial charge in [0.15, 0.2) is 0 Å². The number of nitrogens with two attached hydrogens (primary N) is 1. The molecule has 0 heterocycles. The fourth-order valence-electron chi connectivity index (χ4n) is 1.83. The maximum atomic E-state index is 10.8. The highest BCUT2D eigenvalue weighted by atomic mass is 16.1. The second-order valence-electron chi connectivity index (χ2n) is 5.79. The summed E-state index contributed by atoms with van der Waals surface area (Å²) in [6.45, 7) is 17.4. The Hall–Kier alpha value is -1.09. The quantitative estimate of drug-likeness (QED) is 0.387. The molecule has 3 heteroatoms. The highest BCUT2D eigenvalue weighted by molar-refractivity contribution is 5.73. The van der Waals surface area contributed by atoms with Crippen LogP contribution in [0.3, 0.4) is 0 Å². The van der Waals surface area contributed by atoms with Gasteiger partial charge in [0.25, 0.3) is 0 Å². The van der Waals surface area contributed by atoms with Gasteiger partial charge in [0.05, 0.1) is 0 Å². The van der Waals surface area contributed by atoms with E-state index in [4.69, 9.17) is 5.73 Å². The van der Waals surface area contributed by atoms with Gasteiger partial charge in [-0.2, -0.15) is 0 Å². The number of allylic oxidation sites excluding steroid dienone is 3. The van der Waals surface area contributed by atoms with Crippen LogP contribution in [0.25, 0.3) is 0 Å². The van der Waals surface area contributed by atoms with Gasteiger partial charge in [-0.1, -0.05) is 79.2 Å². The maximum absolute atomic E-state index is 10.8. The Morgan fingerprint density at radius 3 is 1.96 bits per heavy atom. The predicted molar refractivity (Wildman–Crippen MR) is 110 cm³/mol. The lowest BCUT2D eigenvalue weighted by molar-refractivity contribution is -0.118. The molecule has 3 N–H and O–H groups in total. The largest absolute Gasteiger partial charge is 0.370 e. The second kappa shape index (κ2) is 21.9. The molecule has 0 rings (SSSR count). The van der Waals surface area contributed by atoms with Gasteiger partial charge in [0.1, 0.15) is 0 Å². The summed E-state index contributed by atoms with van der Waals surface area (Å²) in [6, 6.07) is 0.337. The van der Waals surface area contributed by atoms with Crippen LogP contribution in [-0.2, 0) is 4.79 Å². The minimum atomic E-state index is -0.226. The third-order valence-electron chi connectivity index (χ3n) is 3.37. The van der Waals surface area contributed by atoms with Crippen molar-refractivity contribution in [3.8, 4) is 0 Å². The van der Waals surface area contributed by atoms with Crippen molar-refractivity contribution in [2.75, 3.05) is 6.54 Å². The number of nitrogens with one attached hydrogen (secondary N) is 1. The van der Waals surface area contributed by atoms with Crippen LogP contribution in [0.2, 0.25) is 0 Å². The van der Waals surface area contributed by atoms with Crippen molar-refractivity contribution >= 4 is 5.91 Å². The number of hydrogen-bond acceptors (Lipinski definition) is 2. The summed E-state index contributed by atoms with van der Waals surface area (Å²) in [5, 5.41) is 3.39. The average molecular weight is 341 g/mol. The van der Waals surface area contributed by atoms with Gasteiger partial charge < -0.3 is 11.1 Å². The summed E-state index contributed by atoms with van der Waals surface area (Å²) in [5.41, 5.74) is 5.17. The molecule has 1 amide bonds. The summed E-state index contributed by atoms with van der Waals surface area (Å²) in [7, 11) is 0. The lowest BCUT2D eigenvalue weighted by Gasteiger charge is -2.14. The van der Waals surface area contributed by atoms with Crippen LogP contribution in [0, 0.1) is 11.8 Å². The van der Waals surface area contributed by atoms with Crippen molar-refractivity contribution in [2.24, 2.45) is 17.6 Å². The lowest BCUT2D eigenvalue weighted by atomic mass is 10.1. The fraction of sp³-hybridized carbons (Fsp3) is 0.762. The number of carbonyl (C=O) groups is 1. The third kappa shape index (κ3) is 23.2. The number of amides is 1. The molecule has 0 fully saturated rings. The Morgan fingerprint density at radius 1 is 1.00 bits per heavy atom. The van der Waals surface area contributed by atoms with E-state index in [2.05, 4.69) is 50.4 Å². The minimum Gasteiger partial charge on any atom is -0.370 e. The number of unbranched alkanes of at least 4 members (excludes halogenated alkanes) is 1. The highest BCUT2D eigenvalue weighted by Gasteiger charge is 2.06. The first-order valence-electron chi connectivity index (χ1n) is 9.80. The molecule has 0 aliphatic heterocycles. The van der Waals surface area contributed by atoms with Crippen LogP contribution in [-0.4, -0.2) is 18.5 Å². The lowest BCUT2D eigenvalue weighted by Crippen LogP contribution is -2.30. The molecule has 0 bridgehead atoms. The first kappa shape index (κ1) is 27.7. The molecule has 0 radical (unpaired) electrons. The van der Waals surface area contributed by atoms with Crippen LogP contribution in [0.1, 0.15) is 81.1 Å². The van der Waals surface area contributed by atoms with E-state index in [1.54, 1.807) is 0 Å². The van der Waals surface area contributed by atoms with E-state index >= 15 is 0 Å². The van der Waals surface area contributed by atoms with E-state index in [0.717, 1.165) is 19.4 Å². The summed E-state index contributed by atoms with van der Waals surface area (Å²) in [5.74, 6) is 0.753. The van der Waals surface area contributed by atoms with Crippen molar-refractivity contribution in [3.05, 3.63) is 24.3 Å². The topological polar surface area (TPSA) is 55.1 Å². The SMILES string of the molecule is CC.CC.CCC(C)/C=C\CC/C=C\C(C)NCC(C)CC(N)=O. The molecule has 0 aromatic heterocycles. The zero-order valence-electron chi connectivity index (χ0n) is 17.6. The molecule has 0 aromatic rings. The van der Waals surface area contributed by atoms with Crippen molar-refractivity contribution in [1.29, 1.82) is 0 Å². The molecular weight excluding hydrogens is 296 g/mol. The summed E-state index contributed by atoms with van der Waals surface area (Å²) < 4.78 is 0. The highest BCUT2D eigenvalue weighted by Crippen LogP contribution is 2.04. The number of carbonyl (C=O) groups excluding carboxylic acids is 1. The first-order valence-corrected chi connectivity index (χ1v) is 9.80.